The van der Waals surface area contributed by atoms with Gasteiger partial charge < -0.3 is 16.4 Å². The van der Waals surface area contributed by atoms with E-state index < -0.39 is 5.91 Å². The lowest BCUT2D eigenvalue weighted by molar-refractivity contribution is -0.120. The molecule has 5 nitrogen and oxygen atoms in total. The van der Waals surface area contributed by atoms with Crippen LogP contribution in [0.5, 0.6) is 0 Å². The highest BCUT2D eigenvalue weighted by Gasteiger charge is 2.21. The molecule has 0 spiro atoms. The van der Waals surface area contributed by atoms with Gasteiger partial charge in [0.25, 0.3) is 0 Å². The Morgan fingerprint density at radius 1 is 1.42 bits per heavy atom. The Bertz CT molecular complexity index is 493. The maximum Gasteiger partial charge on any atom is 0.249 e. The zero-order chi connectivity index (χ0) is 13.8. The molecular formula is C14H19N3O2. The lowest BCUT2D eigenvalue weighted by Gasteiger charge is -2.22. The zero-order valence-electron chi connectivity index (χ0n) is 11.0. The van der Waals surface area contributed by atoms with Crippen molar-refractivity contribution in [2.45, 2.75) is 19.8 Å². The molecule has 1 aliphatic rings. The monoisotopic (exact) mass is 261 g/mol. The Morgan fingerprint density at radius 2 is 2.21 bits per heavy atom. The van der Waals surface area contributed by atoms with Crippen LogP contribution in [-0.2, 0) is 4.79 Å². The summed E-state index contributed by atoms with van der Waals surface area (Å²) in [7, 11) is 0. The molecule has 0 unspecified atom stereocenters. The van der Waals surface area contributed by atoms with E-state index in [4.69, 9.17) is 5.73 Å². The second kappa shape index (κ2) is 5.84. The maximum atomic E-state index is 12.1. The SMILES string of the molecule is Cc1c(NC(=O)[C@H]2CCCNC2)cccc1C(N)=O. The second-order valence-electron chi connectivity index (χ2n) is 4.87. The third kappa shape index (κ3) is 3.12. The van der Waals surface area contributed by atoms with Crippen molar-refractivity contribution in [1.29, 1.82) is 0 Å². The van der Waals surface area contributed by atoms with Crippen molar-refractivity contribution in [3.63, 3.8) is 0 Å². The third-order valence-corrected chi connectivity index (χ3v) is 3.52. The van der Waals surface area contributed by atoms with E-state index in [1.807, 2.05) is 0 Å². The summed E-state index contributed by atoms with van der Waals surface area (Å²) in [6.07, 6.45) is 1.91. The van der Waals surface area contributed by atoms with Crippen LogP contribution in [0, 0.1) is 12.8 Å². The van der Waals surface area contributed by atoms with Gasteiger partial charge >= 0.3 is 0 Å². The number of primary amides is 1. The summed E-state index contributed by atoms with van der Waals surface area (Å²) in [5.74, 6) is -0.491. The van der Waals surface area contributed by atoms with Gasteiger partial charge in [-0.3, -0.25) is 9.59 Å². The van der Waals surface area contributed by atoms with Gasteiger partial charge in [-0.25, -0.2) is 0 Å². The van der Waals surface area contributed by atoms with Gasteiger partial charge in [0.1, 0.15) is 0 Å². The normalized spacial score (nSPS) is 18.9. The highest BCUT2D eigenvalue weighted by molar-refractivity contribution is 5.99. The van der Waals surface area contributed by atoms with E-state index >= 15 is 0 Å². The Balaban J connectivity index is 2.12. The van der Waals surface area contributed by atoms with E-state index in [0.717, 1.165) is 19.4 Å². The second-order valence-corrected chi connectivity index (χ2v) is 4.87. The molecule has 0 aromatic heterocycles. The first-order valence-electron chi connectivity index (χ1n) is 6.50. The standard InChI is InChI=1S/C14H19N3O2/c1-9-11(13(15)18)5-2-6-12(9)17-14(19)10-4-3-7-16-8-10/h2,5-6,10,16H,3-4,7-8H2,1H3,(H2,15,18)(H,17,19)/t10-/m0/s1. The molecule has 1 aliphatic heterocycles. The van der Waals surface area contributed by atoms with E-state index in [1.54, 1.807) is 25.1 Å². The molecule has 0 bridgehead atoms. The summed E-state index contributed by atoms with van der Waals surface area (Å²) in [6, 6.07) is 5.17. The van der Waals surface area contributed by atoms with Crippen LogP contribution in [0.4, 0.5) is 5.69 Å². The first-order valence-corrected chi connectivity index (χ1v) is 6.50. The predicted octanol–water partition coefficient (Wildman–Crippen LogP) is 1.03. The number of carbonyl (C=O) groups excluding carboxylic acids is 2. The van der Waals surface area contributed by atoms with E-state index in [1.165, 1.54) is 0 Å². The van der Waals surface area contributed by atoms with Crippen LogP contribution in [0.3, 0.4) is 0 Å². The number of benzene rings is 1. The number of amides is 2. The Hall–Kier alpha value is -1.88. The molecule has 102 valence electrons. The first kappa shape index (κ1) is 13.5. The quantitative estimate of drug-likeness (QED) is 0.760. The van der Waals surface area contributed by atoms with Gasteiger partial charge in [-0.05, 0) is 44.0 Å². The van der Waals surface area contributed by atoms with Crippen LogP contribution in [0.15, 0.2) is 18.2 Å². The summed E-state index contributed by atoms with van der Waals surface area (Å²) >= 11 is 0. The van der Waals surface area contributed by atoms with Crippen LogP contribution in [-0.4, -0.2) is 24.9 Å². The molecule has 1 aromatic rings. The molecule has 0 aliphatic carbocycles. The Labute approximate surface area is 112 Å². The largest absolute Gasteiger partial charge is 0.366 e. The number of rotatable bonds is 3. The van der Waals surface area contributed by atoms with E-state index in [-0.39, 0.29) is 11.8 Å². The van der Waals surface area contributed by atoms with Gasteiger partial charge in [-0.1, -0.05) is 6.07 Å². The summed E-state index contributed by atoms with van der Waals surface area (Å²) in [6.45, 7) is 3.47. The summed E-state index contributed by atoms with van der Waals surface area (Å²) < 4.78 is 0. The minimum atomic E-state index is -0.479. The minimum absolute atomic E-state index is 0.00285. The molecule has 1 heterocycles. The number of nitrogens with one attached hydrogen (secondary N) is 2. The molecule has 1 saturated heterocycles. The van der Waals surface area contributed by atoms with Gasteiger partial charge in [0.05, 0.1) is 5.92 Å². The van der Waals surface area contributed by atoms with E-state index in [2.05, 4.69) is 10.6 Å². The fourth-order valence-electron chi connectivity index (χ4n) is 2.35. The number of anilines is 1. The first-order chi connectivity index (χ1) is 9.09. The van der Waals surface area contributed by atoms with Crippen LogP contribution >= 0.6 is 0 Å². The molecule has 2 rings (SSSR count). The van der Waals surface area contributed by atoms with Gasteiger partial charge in [0.2, 0.25) is 11.8 Å². The number of hydrogen-bond acceptors (Lipinski definition) is 3. The topological polar surface area (TPSA) is 84.2 Å². The van der Waals surface area contributed by atoms with Crippen molar-refractivity contribution in [3.8, 4) is 0 Å². The molecule has 1 aromatic carbocycles. The van der Waals surface area contributed by atoms with Crippen molar-refractivity contribution >= 4 is 17.5 Å². The van der Waals surface area contributed by atoms with Crippen LogP contribution in [0.1, 0.15) is 28.8 Å². The van der Waals surface area contributed by atoms with Crippen molar-refractivity contribution in [1.82, 2.24) is 5.32 Å². The van der Waals surface area contributed by atoms with Gasteiger partial charge in [-0.2, -0.15) is 0 Å². The van der Waals surface area contributed by atoms with Crippen LogP contribution in [0.2, 0.25) is 0 Å². The van der Waals surface area contributed by atoms with Gasteiger partial charge in [-0.15, -0.1) is 0 Å². The molecule has 0 saturated carbocycles. The van der Waals surface area contributed by atoms with Crippen molar-refractivity contribution < 1.29 is 9.59 Å². The highest BCUT2D eigenvalue weighted by atomic mass is 16.2. The van der Waals surface area contributed by atoms with Crippen LogP contribution < -0.4 is 16.4 Å². The molecule has 1 atom stereocenters. The fraction of sp³-hybridized carbons (Fsp3) is 0.429. The molecule has 5 heteroatoms. The lowest BCUT2D eigenvalue weighted by Crippen LogP contribution is -2.37. The molecule has 2 amide bonds. The number of nitrogens with two attached hydrogens (primary N) is 1. The zero-order valence-corrected chi connectivity index (χ0v) is 11.0. The maximum absolute atomic E-state index is 12.1. The summed E-state index contributed by atoms with van der Waals surface area (Å²) in [5, 5.41) is 6.10. The minimum Gasteiger partial charge on any atom is -0.366 e. The number of piperidine rings is 1. The summed E-state index contributed by atoms with van der Waals surface area (Å²) in [4.78, 5) is 23.4. The number of carbonyl (C=O) groups is 2. The van der Waals surface area contributed by atoms with Crippen molar-refractivity contribution in [2.24, 2.45) is 11.7 Å². The highest BCUT2D eigenvalue weighted by Crippen LogP contribution is 2.20. The van der Waals surface area contributed by atoms with E-state index in [9.17, 15) is 9.59 Å². The number of hydrogen-bond donors (Lipinski definition) is 3. The molecule has 1 fully saturated rings. The summed E-state index contributed by atoms with van der Waals surface area (Å²) in [5.41, 5.74) is 7.11. The average Bonchev–Trinajstić information content (AvgIpc) is 2.41. The smallest absolute Gasteiger partial charge is 0.249 e. The van der Waals surface area contributed by atoms with Gasteiger partial charge in [0.15, 0.2) is 0 Å². The average molecular weight is 261 g/mol. The van der Waals surface area contributed by atoms with E-state index in [0.29, 0.717) is 23.4 Å². The van der Waals surface area contributed by atoms with Gasteiger partial charge in [0, 0.05) is 17.8 Å². The Morgan fingerprint density at radius 3 is 2.84 bits per heavy atom. The Kier molecular flexibility index (Phi) is 4.16. The molecule has 0 radical (unpaired) electrons. The fourth-order valence-corrected chi connectivity index (χ4v) is 2.35. The molecule has 19 heavy (non-hydrogen) atoms. The van der Waals surface area contributed by atoms with Crippen molar-refractivity contribution in [3.05, 3.63) is 29.3 Å². The van der Waals surface area contributed by atoms with Crippen LogP contribution in [0.25, 0.3) is 0 Å². The predicted molar refractivity (Wildman–Crippen MR) is 73.9 cm³/mol. The third-order valence-electron chi connectivity index (χ3n) is 3.52. The molecule has 4 N–H and O–H groups in total. The molecular weight excluding hydrogens is 242 g/mol. The van der Waals surface area contributed by atoms with Crippen molar-refractivity contribution in [2.75, 3.05) is 18.4 Å². The lowest BCUT2D eigenvalue weighted by atomic mass is 9.98.